The first-order valence-electron chi connectivity index (χ1n) is 6.20. The Labute approximate surface area is 142 Å². The summed E-state index contributed by atoms with van der Waals surface area (Å²) in [6, 6.07) is 12.0. The Hall–Kier alpha value is -1.75. The van der Waals surface area contributed by atoms with Gasteiger partial charge in [-0.2, -0.15) is 5.10 Å². The van der Waals surface area contributed by atoms with Crippen LogP contribution in [-0.2, 0) is 4.79 Å². The normalized spacial score (nSPS) is 10.7. The van der Waals surface area contributed by atoms with Crippen molar-refractivity contribution in [3.63, 3.8) is 0 Å². The standard InChI is InChI=1S/C15H11Cl3N2O2/c16-11-6-4-10(5-7-11)8-19-20-14(21)9-22-13-3-1-2-12(17)15(13)18/h1-8H,9H2,(H,20,21)/b19-8+. The van der Waals surface area contributed by atoms with Crippen molar-refractivity contribution in [3.8, 4) is 5.75 Å². The summed E-state index contributed by atoms with van der Waals surface area (Å²) in [5.74, 6) is -0.0766. The van der Waals surface area contributed by atoms with Crippen molar-refractivity contribution in [2.45, 2.75) is 0 Å². The van der Waals surface area contributed by atoms with Crippen LogP contribution < -0.4 is 10.2 Å². The molecule has 2 rings (SSSR count). The van der Waals surface area contributed by atoms with Crippen molar-refractivity contribution in [1.29, 1.82) is 0 Å². The van der Waals surface area contributed by atoms with Crippen LogP contribution >= 0.6 is 34.8 Å². The van der Waals surface area contributed by atoms with Gasteiger partial charge in [0.25, 0.3) is 5.91 Å². The fraction of sp³-hybridized carbons (Fsp3) is 0.0667. The van der Waals surface area contributed by atoms with E-state index in [-0.39, 0.29) is 11.6 Å². The van der Waals surface area contributed by atoms with Crippen LogP contribution in [-0.4, -0.2) is 18.7 Å². The summed E-state index contributed by atoms with van der Waals surface area (Å²) in [4.78, 5) is 11.6. The van der Waals surface area contributed by atoms with E-state index in [2.05, 4.69) is 10.5 Å². The van der Waals surface area contributed by atoms with Crippen LogP contribution in [0.25, 0.3) is 0 Å². The zero-order valence-corrected chi connectivity index (χ0v) is 13.5. The van der Waals surface area contributed by atoms with E-state index >= 15 is 0 Å². The molecule has 22 heavy (non-hydrogen) atoms. The van der Waals surface area contributed by atoms with Gasteiger partial charge in [-0.05, 0) is 29.8 Å². The van der Waals surface area contributed by atoms with Crippen molar-refractivity contribution < 1.29 is 9.53 Å². The van der Waals surface area contributed by atoms with Crippen LogP contribution in [0.4, 0.5) is 0 Å². The topological polar surface area (TPSA) is 50.7 Å². The molecule has 1 amide bonds. The summed E-state index contributed by atoms with van der Waals surface area (Å²) in [5, 5.41) is 5.08. The molecule has 0 saturated carbocycles. The molecule has 1 N–H and O–H groups in total. The minimum absolute atomic E-state index is 0.224. The van der Waals surface area contributed by atoms with Crippen LogP contribution in [0.1, 0.15) is 5.56 Å². The minimum atomic E-state index is -0.416. The summed E-state index contributed by atoms with van der Waals surface area (Å²) < 4.78 is 5.28. The molecule has 7 heteroatoms. The number of hydrazone groups is 1. The highest BCUT2D eigenvalue weighted by atomic mass is 35.5. The van der Waals surface area contributed by atoms with Gasteiger partial charge in [0.2, 0.25) is 0 Å². The number of carbonyl (C=O) groups excluding carboxylic acids is 1. The second kappa shape index (κ2) is 8.03. The van der Waals surface area contributed by atoms with Gasteiger partial charge in [-0.1, -0.05) is 53.0 Å². The van der Waals surface area contributed by atoms with Crippen molar-refractivity contribution in [1.82, 2.24) is 5.43 Å². The molecule has 0 spiro atoms. The van der Waals surface area contributed by atoms with Gasteiger partial charge in [0, 0.05) is 5.02 Å². The Morgan fingerprint density at radius 3 is 2.59 bits per heavy atom. The van der Waals surface area contributed by atoms with E-state index in [1.165, 1.54) is 6.21 Å². The molecule has 0 aromatic heterocycles. The summed E-state index contributed by atoms with van der Waals surface area (Å²) in [6.07, 6.45) is 1.50. The molecular formula is C15H11Cl3N2O2. The summed E-state index contributed by atoms with van der Waals surface area (Å²) in [6.45, 7) is -0.224. The number of ether oxygens (including phenoxy) is 1. The molecule has 0 atom stereocenters. The molecular weight excluding hydrogens is 347 g/mol. The first kappa shape index (κ1) is 16.6. The number of hydrogen-bond acceptors (Lipinski definition) is 3. The van der Waals surface area contributed by atoms with E-state index in [1.54, 1.807) is 42.5 Å². The third-order valence-corrected chi connectivity index (χ3v) is 3.60. The average Bonchev–Trinajstić information content (AvgIpc) is 2.51. The monoisotopic (exact) mass is 356 g/mol. The lowest BCUT2D eigenvalue weighted by Crippen LogP contribution is -2.24. The van der Waals surface area contributed by atoms with Gasteiger partial charge in [-0.25, -0.2) is 5.43 Å². The number of benzene rings is 2. The molecule has 0 aliphatic rings. The number of carbonyl (C=O) groups is 1. The lowest BCUT2D eigenvalue weighted by molar-refractivity contribution is -0.123. The smallest absolute Gasteiger partial charge is 0.277 e. The second-order valence-corrected chi connectivity index (χ2v) is 5.41. The van der Waals surface area contributed by atoms with Gasteiger partial charge in [0.1, 0.15) is 10.8 Å². The molecule has 0 unspecified atom stereocenters. The molecule has 0 saturated heterocycles. The van der Waals surface area contributed by atoms with E-state index in [0.29, 0.717) is 15.8 Å². The van der Waals surface area contributed by atoms with E-state index in [1.807, 2.05) is 0 Å². The number of nitrogens with zero attached hydrogens (tertiary/aromatic N) is 1. The molecule has 0 radical (unpaired) electrons. The predicted octanol–water partition coefficient (Wildman–Crippen LogP) is 4.18. The molecule has 0 aliphatic heterocycles. The van der Waals surface area contributed by atoms with Crippen LogP contribution in [0.5, 0.6) is 5.75 Å². The molecule has 114 valence electrons. The minimum Gasteiger partial charge on any atom is -0.482 e. The molecule has 4 nitrogen and oxygen atoms in total. The summed E-state index contributed by atoms with van der Waals surface area (Å²) in [7, 11) is 0. The molecule has 0 bridgehead atoms. The van der Waals surface area contributed by atoms with Gasteiger partial charge in [0.05, 0.1) is 11.2 Å². The van der Waals surface area contributed by atoms with Crippen molar-refractivity contribution in [2.75, 3.05) is 6.61 Å². The molecule has 0 aliphatic carbocycles. The van der Waals surface area contributed by atoms with Gasteiger partial charge in [0.15, 0.2) is 6.61 Å². The van der Waals surface area contributed by atoms with Crippen molar-refractivity contribution in [2.24, 2.45) is 5.10 Å². The summed E-state index contributed by atoms with van der Waals surface area (Å²) >= 11 is 17.6. The number of nitrogens with one attached hydrogen (secondary N) is 1. The Morgan fingerprint density at radius 2 is 1.86 bits per heavy atom. The van der Waals surface area contributed by atoms with Gasteiger partial charge in [-0.3, -0.25) is 4.79 Å². The Morgan fingerprint density at radius 1 is 1.14 bits per heavy atom. The zero-order valence-electron chi connectivity index (χ0n) is 11.2. The predicted molar refractivity (Wildman–Crippen MR) is 89.1 cm³/mol. The van der Waals surface area contributed by atoms with E-state index < -0.39 is 5.91 Å². The van der Waals surface area contributed by atoms with Gasteiger partial charge >= 0.3 is 0 Å². The Bertz CT molecular complexity index is 688. The molecule has 2 aromatic rings. The lowest BCUT2D eigenvalue weighted by Gasteiger charge is -2.07. The van der Waals surface area contributed by atoms with Crippen LogP contribution in [0.15, 0.2) is 47.6 Å². The van der Waals surface area contributed by atoms with Crippen LogP contribution in [0.2, 0.25) is 15.1 Å². The van der Waals surface area contributed by atoms with Crippen LogP contribution in [0.3, 0.4) is 0 Å². The maximum atomic E-state index is 11.6. The third kappa shape index (κ3) is 4.91. The first-order chi connectivity index (χ1) is 10.6. The third-order valence-electron chi connectivity index (χ3n) is 2.55. The van der Waals surface area contributed by atoms with E-state index in [9.17, 15) is 4.79 Å². The maximum Gasteiger partial charge on any atom is 0.277 e. The van der Waals surface area contributed by atoms with E-state index in [4.69, 9.17) is 39.5 Å². The lowest BCUT2D eigenvalue weighted by atomic mass is 10.2. The number of hydrogen-bond donors (Lipinski definition) is 1. The van der Waals surface area contributed by atoms with Gasteiger partial charge in [-0.15, -0.1) is 0 Å². The largest absolute Gasteiger partial charge is 0.482 e. The fourth-order valence-electron chi connectivity index (χ4n) is 1.50. The summed E-state index contributed by atoms with van der Waals surface area (Å²) in [5.41, 5.74) is 3.16. The van der Waals surface area contributed by atoms with Gasteiger partial charge < -0.3 is 4.74 Å². The maximum absolute atomic E-state index is 11.6. The van der Waals surface area contributed by atoms with Crippen LogP contribution in [0, 0.1) is 0 Å². The molecule has 0 heterocycles. The SMILES string of the molecule is O=C(COc1cccc(Cl)c1Cl)N/N=C/c1ccc(Cl)cc1. The Kier molecular flexibility index (Phi) is 6.07. The highest BCUT2D eigenvalue weighted by Gasteiger charge is 2.07. The number of halogens is 3. The highest BCUT2D eigenvalue weighted by molar-refractivity contribution is 6.42. The molecule has 2 aromatic carbocycles. The first-order valence-corrected chi connectivity index (χ1v) is 7.34. The van der Waals surface area contributed by atoms with Crippen molar-refractivity contribution in [3.05, 3.63) is 63.1 Å². The van der Waals surface area contributed by atoms with E-state index in [0.717, 1.165) is 5.56 Å². The fourth-order valence-corrected chi connectivity index (χ4v) is 1.97. The molecule has 0 fully saturated rings. The van der Waals surface area contributed by atoms with Crippen molar-refractivity contribution >= 4 is 46.9 Å². The second-order valence-electron chi connectivity index (χ2n) is 4.19. The highest BCUT2D eigenvalue weighted by Crippen LogP contribution is 2.31. The number of amides is 1. The average molecular weight is 358 g/mol. The number of rotatable bonds is 5. The zero-order chi connectivity index (χ0) is 15.9. The quantitative estimate of drug-likeness (QED) is 0.645. The Balaban J connectivity index is 1.83.